The number of ether oxygens (including phenoxy) is 2. The SMILES string of the molecule is COCCn1ncc(Cl)c1C(O)c1cc(OC)ncn1. The standard InChI is InChI=1S/C12H15ClN4O3/c1-19-4-3-17-11(8(13)6-16-17)12(18)9-5-10(20-2)15-7-14-9/h5-7,12,18H,3-4H2,1-2H3. The summed E-state index contributed by atoms with van der Waals surface area (Å²) >= 11 is 6.08. The Morgan fingerprint density at radius 2 is 2.20 bits per heavy atom. The maximum Gasteiger partial charge on any atom is 0.216 e. The summed E-state index contributed by atoms with van der Waals surface area (Å²) in [7, 11) is 3.09. The van der Waals surface area contributed by atoms with Gasteiger partial charge in [-0.25, -0.2) is 9.97 Å². The summed E-state index contributed by atoms with van der Waals surface area (Å²) in [5.41, 5.74) is 0.849. The number of rotatable bonds is 6. The van der Waals surface area contributed by atoms with E-state index < -0.39 is 6.10 Å². The van der Waals surface area contributed by atoms with Gasteiger partial charge in [0.15, 0.2) is 0 Å². The molecule has 108 valence electrons. The summed E-state index contributed by atoms with van der Waals surface area (Å²) in [5, 5.41) is 14.9. The first-order valence-corrected chi connectivity index (χ1v) is 6.29. The predicted molar refractivity (Wildman–Crippen MR) is 71.8 cm³/mol. The van der Waals surface area contributed by atoms with Crippen molar-refractivity contribution in [2.24, 2.45) is 0 Å². The molecular formula is C12H15ClN4O3. The Morgan fingerprint density at radius 1 is 1.40 bits per heavy atom. The number of methoxy groups -OCH3 is 2. The van der Waals surface area contributed by atoms with E-state index in [-0.39, 0.29) is 0 Å². The van der Waals surface area contributed by atoms with E-state index >= 15 is 0 Å². The Bertz CT molecular complexity index is 576. The Balaban J connectivity index is 2.31. The maximum atomic E-state index is 10.4. The normalized spacial score (nSPS) is 12.4. The molecule has 2 heterocycles. The number of aromatic nitrogens is 4. The fourth-order valence-corrected chi connectivity index (χ4v) is 2.00. The van der Waals surface area contributed by atoms with E-state index in [1.165, 1.54) is 19.6 Å². The average molecular weight is 299 g/mol. The van der Waals surface area contributed by atoms with E-state index in [2.05, 4.69) is 15.1 Å². The Hall–Kier alpha value is -1.70. The van der Waals surface area contributed by atoms with E-state index in [0.717, 1.165) is 0 Å². The molecule has 1 N–H and O–H groups in total. The van der Waals surface area contributed by atoms with E-state index in [1.807, 2.05) is 0 Å². The van der Waals surface area contributed by atoms with Gasteiger partial charge in [-0.15, -0.1) is 0 Å². The summed E-state index contributed by atoms with van der Waals surface area (Å²) in [6.45, 7) is 0.947. The van der Waals surface area contributed by atoms with Gasteiger partial charge < -0.3 is 14.6 Å². The van der Waals surface area contributed by atoms with E-state index in [1.54, 1.807) is 17.9 Å². The van der Waals surface area contributed by atoms with Gasteiger partial charge in [-0.1, -0.05) is 11.6 Å². The Morgan fingerprint density at radius 3 is 2.90 bits per heavy atom. The predicted octanol–water partition coefficient (Wildman–Crippen LogP) is 1.06. The molecule has 0 spiro atoms. The average Bonchev–Trinajstić information content (AvgIpc) is 2.85. The molecule has 2 aromatic heterocycles. The minimum absolute atomic E-state index is 0.367. The number of nitrogens with zero attached hydrogens (tertiary/aromatic N) is 4. The molecular weight excluding hydrogens is 284 g/mol. The highest BCUT2D eigenvalue weighted by atomic mass is 35.5. The molecule has 1 atom stereocenters. The molecule has 0 aliphatic carbocycles. The highest BCUT2D eigenvalue weighted by Gasteiger charge is 2.21. The first kappa shape index (κ1) is 14.7. The zero-order valence-corrected chi connectivity index (χ0v) is 11.9. The van der Waals surface area contributed by atoms with Gasteiger partial charge in [0.2, 0.25) is 5.88 Å². The molecule has 0 amide bonds. The van der Waals surface area contributed by atoms with Gasteiger partial charge in [0.25, 0.3) is 0 Å². The minimum atomic E-state index is -1.02. The van der Waals surface area contributed by atoms with Gasteiger partial charge in [-0.2, -0.15) is 5.10 Å². The summed E-state index contributed by atoms with van der Waals surface area (Å²) in [4.78, 5) is 7.93. The second-order valence-corrected chi connectivity index (χ2v) is 4.39. The van der Waals surface area contributed by atoms with E-state index in [0.29, 0.717) is 35.4 Å². The van der Waals surface area contributed by atoms with Crippen molar-refractivity contribution in [2.45, 2.75) is 12.6 Å². The molecule has 1 unspecified atom stereocenters. The second-order valence-electron chi connectivity index (χ2n) is 3.98. The molecule has 0 aliphatic rings. The molecule has 0 saturated heterocycles. The highest BCUT2D eigenvalue weighted by Crippen LogP contribution is 2.28. The Kier molecular flexibility index (Phi) is 4.89. The molecule has 0 bridgehead atoms. The summed E-state index contributed by atoms with van der Waals surface area (Å²) in [6.07, 6.45) is 1.79. The van der Waals surface area contributed by atoms with Gasteiger partial charge in [0.05, 0.1) is 42.9 Å². The van der Waals surface area contributed by atoms with Crippen LogP contribution in [0.3, 0.4) is 0 Å². The number of aliphatic hydroxyl groups excluding tert-OH is 1. The minimum Gasteiger partial charge on any atom is -0.481 e. The van der Waals surface area contributed by atoms with Crippen LogP contribution in [0.25, 0.3) is 0 Å². The van der Waals surface area contributed by atoms with Crippen LogP contribution in [0.15, 0.2) is 18.6 Å². The monoisotopic (exact) mass is 298 g/mol. The van der Waals surface area contributed by atoms with Gasteiger partial charge in [-0.05, 0) is 0 Å². The zero-order chi connectivity index (χ0) is 14.5. The van der Waals surface area contributed by atoms with Crippen LogP contribution in [-0.2, 0) is 11.3 Å². The third kappa shape index (κ3) is 3.06. The smallest absolute Gasteiger partial charge is 0.216 e. The van der Waals surface area contributed by atoms with Crippen LogP contribution < -0.4 is 4.74 Å². The second kappa shape index (κ2) is 6.65. The summed E-state index contributed by atoms with van der Waals surface area (Å²) in [5.74, 6) is 0.369. The lowest BCUT2D eigenvalue weighted by Gasteiger charge is -2.14. The molecule has 20 heavy (non-hydrogen) atoms. The molecule has 2 aromatic rings. The van der Waals surface area contributed by atoms with Crippen LogP contribution in [0.2, 0.25) is 5.02 Å². The van der Waals surface area contributed by atoms with Crippen LogP contribution in [-0.4, -0.2) is 45.7 Å². The van der Waals surface area contributed by atoms with Crippen molar-refractivity contribution in [2.75, 3.05) is 20.8 Å². The number of halogens is 1. The molecule has 0 aromatic carbocycles. The van der Waals surface area contributed by atoms with Crippen LogP contribution in [0.1, 0.15) is 17.5 Å². The third-order valence-electron chi connectivity index (χ3n) is 2.75. The number of hydrogen-bond acceptors (Lipinski definition) is 6. The van der Waals surface area contributed by atoms with Gasteiger partial charge in [0.1, 0.15) is 12.4 Å². The quantitative estimate of drug-likeness (QED) is 0.859. The lowest BCUT2D eigenvalue weighted by molar-refractivity contribution is 0.170. The summed E-state index contributed by atoms with van der Waals surface area (Å²) in [6, 6.07) is 1.55. The lowest BCUT2D eigenvalue weighted by Crippen LogP contribution is -2.14. The third-order valence-corrected chi connectivity index (χ3v) is 3.04. The molecule has 8 heteroatoms. The molecule has 7 nitrogen and oxygen atoms in total. The number of hydrogen-bond donors (Lipinski definition) is 1. The van der Waals surface area contributed by atoms with Crippen molar-refractivity contribution in [1.82, 2.24) is 19.7 Å². The van der Waals surface area contributed by atoms with E-state index in [4.69, 9.17) is 21.1 Å². The lowest BCUT2D eigenvalue weighted by atomic mass is 10.2. The first-order chi connectivity index (χ1) is 9.67. The van der Waals surface area contributed by atoms with E-state index in [9.17, 15) is 5.11 Å². The summed E-state index contributed by atoms with van der Waals surface area (Å²) < 4.78 is 11.6. The fraction of sp³-hybridized carbons (Fsp3) is 0.417. The molecule has 0 fully saturated rings. The highest BCUT2D eigenvalue weighted by molar-refractivity contribution is 6.31. The van der Waals surface area contributed by atoms with Crippen molar-refractivity contribution in [3.63, 3.8) is 0 Å². The largest absolute Gasteiger partial charge is 0.481 e. The van der Waals surface area contributed by atoms with Crippen molar-refractivity contribution in [3.8, 4) is 5.88 Å². The van der Waals surface area contributed by atoms with Gasteiger partial charge in [-0.3, -0.25) is 4.68 Å². The first-order valence-electron chi connectivity index (χ1n) is 5.91. The van der Waals surface area contributed by atoms with Crippen molar-refractivity contribution >= 4 is 11.6 Å². The van der Waals surface area contributed by atoms with Crippen LogP contribution in [0.4, 0.5) is 0 Å². The van der Waals surface area contributed by atoms with Crippen molar-refractivity contribution < 1.29 is 14.6 Å². The van der Waals surface area contributed by atoms with Crippen molar-refractivity contribution in [1.29, 1.82) is 0 Å². The van der Waals surface area contributed by atoms with Crippen molar-refractivity contribution in [3.05, 3.63) is 35.0 Å². The van der Waals surface area contributed by atoms with Crippen LogP contribution in [0.5, 0.6) is 5.88 Å². The molecule has 0 aliphatic heterocycles. The van der Waals surface area contributed by atoms with Crippen LogP contribution in [0, 0.1) is 0 Å². The van der Waals surface area contributed by atoms with Crippen LogP contribution >= 0.6 is 11.6 Å². The molecule has 0 radical (unpaired) electrons. The molecule has 2 rings (SSSR count). The number of aliphatic hydroxyl groups is 1. The Labute approximate surface area is 121 Å². The maximum absolute atomic E-state index is 10.4. The molecule has 0 saturated carbocycles. The fourth-order valence-electron chi connectivity index (χ4n) is 1.75. The van der Waals surface area contributed by atoms with Gasteiger partial charge >= 0.3 is 0 Å². The topological polar surface area (TPSA) is 82.3 Å². The zero-order valence-electron chi connectivity index (χ0n) is 11.2. The van der Waals surface area contributed by atoms with Gasteiger partial charge in [0, 0.05) is 13.2 Å².